The van der Waals surface area contributed by atoms with Crippen molar-refractivity contribution in [2.75, 3.05) is 0 Å². The summed E-state index contributed by atoms with van der Waals surface area (Å²) in [5.74, 6) is -0.0172. The molecule has 0 aliphatic rings. The molecule has 0 heterocycles. The highest BCUT2D eigenvalue weighted by molar-refractivity contribution is 6.35. The average Bonchev–Trinajstić information content (AvgIpc) is 2.55. The molecular formula is C17H15Cl3N2O2. The number of ether oxygens (including phenoxy) is 1. The Bertz CT molecular complexity index is 761. The minimum atomic E-state index is -0.773. The lowest BCUT2D eigenvalue weighted by atomic mass is 10.1. The molecule has 1 unspecified atom stereocenters. The number of rotatable bonds is 5. The van der Waals surface area contributed by atoms with Gasteiger partial charge in [0.05, 0.1) is 10.7 Å². The summed E-state index contributed by atoms with van der Waals surface area (Å²) >= 11 is 17.7. The molecule has 2 aromatic rings. The zero-order chi connectivity index (χ0) is 17.7. The number of hydrogen-bond donors (Lipinski definition) is 1. The second-order valence-corrected chi connectivity index (χ2v) is 6.30. The Balaban J connectivity index is 1.98. The third kappa shape index (κ3) is 5.13. The van der Waals surface area contributed by atoms with Crippen LogP contribution in [0.5, 0.6) is 5.75 Å². The highest BCUT2D eigenvalue weighted by Gasteiger charge is 2.16. The van der Waals surface area contributed by atoms with E-state index in [4.69, 9.17) is 39.5 Å². The van der Waals surface area contributed by atoms with Gasteiger partial charge in [-0.3, -0.25) is 4.79 Å². The summed E-state index contributed by atoms with van der Waals surface area (Å²) in [4.78, 5) is 12.1. The first-order valence-electron chi connectivity index (χ1n) is 7.08. The van der Waals surface area contributed by atoms with Crippen LogP contribution in [0, 0.1) is 0 Å². The number of nitrogens with zero attached hydrogens (tertiary/aromatic N) is 1. The van der Waals surface area contributed by atoms with Crippen molar-refractivity contribution < 1.29 is 9.53 Å². The van der Waals surface area contributed by atoms with E-state index in [1.807, 2.05) is 12.1 Å². The number of amides is 1. The van der Waals surface area contributed by atoms with Crippen molar-refractivity contribution in [3.05, 3.63) is 63.1 Å². The van der Waals surface area contributed by atoms with Gasteiger partial charge in [-0.05, 0) is 49.7 Å². The molecule has 0 aliphatic carbocycles. The van der Waals surface area contributed by atoms with Gasteiger partial charge in [-0.15, -0.1) is 0 Å². The van der Waals surface area contributed by atoms with Gasteiger partial charge in [0.15, 0.2) is 6.10 Å². The summed E-state index contributed by atoms with van der Waals surface area (Å²) in [6, 6.07) is 11.9. The van der Waals surface area contributed by atoms with Crippen molar-refractivity contribution in [3.8, 4) is 5.75 Å². The quantitative estimate of drug-likeness (QED) is 0.584. The molecule has 126 valence electrons. The zero-order valence-electron chi connectivity index (χ0n) is 13.0. The molecule has 0 bridgehead atoms. The van der Waals surface area contributed by atoms with E-state index < -0.39 is 12.0 Å². The van der Waals surface area contributed by atoms with E-state index in [1.165, 1.54) is 0 Å². The van der Waals surface area contributed by atoms with Crippen molar-refractivity contribution in [1.29, 1.82) is 0 Å². The fourth-order valence-electron chi connectivity index (χ4n) is 1.80. The van der Waals surface area contributed by atoms with E-state index in [2.05, 4.69) is 10.5 Å². The first-order chi connectivity index (χ1) is 11.4. The average molecular weight is 386 g/mol. The third-order valence-electron chi connectivity index (χ3n) is 3.16. The van der Waals surface area contributed by atoms with Crippen molar-refractivity contribution in [2.45, 2.75) is 20.0 Å². The van der Waals surface area contributed by atoms with Crippen LogP contribution in [-0.4, -0.2) is 17.7 Å². The Morgan fingerprint density at radius 3 is 2.33 bits per heavy atom. The van der Waals surface area contributed by atoms with Gasteiger partial charge in [0.25, 0.3) is 5.91 Å². The summed E-state index contributed by atoms with van der Waals surface area (Å²) in [6.45, 7) is 3.39. The molecular weight excluding hydrogens is 371 g/mol. The van der Waals surface area contributed by atoms with E-state index in [9.17, 15) is 4.79 Å². The monoisotopic (exact) mass is 384 g/mol. The molecule has 0 saturated heterocycles. The van der Waals surface area contributed by atoms with Crippen LogP contribution in [0.2, 0.25) is 15.1 Å². The molecule has 0 aromatic heterocycles. The Morgan fingerprint density at radius 2 is 1.71 bits per heavy atom. The highest BCUT2D eigenvalue weighted by Crippen LogP contribution is 2.28. The van der Waals surface area contributed by atoms with E-state index >= 15 is 0 Å². The van der Waals surface area contributed by atoms with E-state index in [1.54, 1.807) is 44.2 Å². The SMILES string of the molecule is CC(=NNC(=O)C(C)Oc1ccc(Cl)cc1Cl)c1ccc(Cl)cc1. The minimum Gasteiger partial charge on any atom is -0.479 e. The number of carbonyl (C=O) groups is 1. The number of hydrogen-bond acceptors (Lipinski definition) is 3. The van der Waals surface area contributed by atoms with E-state index in [-0.39, 0.29) is 0 Å². The molecule has 0 fully saturated rings. The highest BCUT2D eigenvalue weighted by atomic mass is 35.5. The maximum Gasteiger partial charge on any atom is 0.280 e. The van der Waals surface area contributed by atoms with E-state index in [0.717, 1.165) is 5.56 Å². The smallest absolute Gasteiger partial charge is 0.280 e. The Kier molecular flexibility index (Phi) is 6.49. The predicted molar refractivity (Wildman–Crippen MR) is 98.4 cm³/mol. The summed E-state index contributed by atoms with van der Waals surface area (Å²) in [5.41, 5.74) is 3.97. The number of halogens is 3. The molecule has 7 heteroatoms. The normalized spacial score (nSPS) is 12.6. The molecule has 24 heavy (non-hydrogen) atoms. The molecule has 0 saturated carbocycles. The molecule has 0 radical (unpaired) electrons. The van der Waals surface area contributed by atoms with Crippen molar-refractivity contribution in [3.63, 3.8) is 0 Å². The van der Waals surface area contributed by atoms with Gasteiger partial charge in [0.2, 0.25) is 0 Å². The maximum absolute atomic E-state index is 12.1. The van der Waals surface area contributed by atoms with Crippen LogP contribution in [0.1, 0.15) is 19.4 Å². The number of benzene rings is 2. The molecule has 1 atom stereocenters. The fraction of sp³-hybridized carbons (Fsp3) is 0.176. The number of hydrazone groups is 1. The Hall–Kier alpha value is -1.75. The first-order valence-corrected chi connectivity index (χ1v) is 8.22. The van der Waals surface area contributed by atoms with Gasteiger partial charge >= 0.3 is 0 Å². The van der Waals surface area contributed by atoms with Crippen LogP contribution >= 0.6 is 34.8 Å². The minimum absolute atomic E-state index is 0.336. The lowest BCUT2D eigenvalue weighted by Crippen LogP contribution is -2.34. The Morgan fingerprint density at radius 1 is 1.08 bits per heavy atom. The van der Waals surface area contributed by atoms with Gasteiger partial charge in [-0.2, -0.15) is 5.10 Å². The fourth-order valence-corrected chi connectivity index (χ4v) is 2.38. The molecule has 1 amide bonds. The zero-order valence-corrected chi connectivity index (χ0v) is 15.3. The molecule has 0 spiro atoms. The van der Waals surface area contributed by atoms with E-state index in [0.29, 0.717) is 26.5 Å². The summed E-state index contributed by atoms with van der Waals surface area (Å²) in [7, 11) is 0. The van der Waals surface area contributed by atoms with Crippen molar-refractivity contribution in [2.24, 2.45) is 5.10 Å². The second kappa shape index (κ2) is 8.38. The second-order valence-electron chi connectivity index (χ2n) is 5.01. The topological polar surface area (TPSA) is 50.7 Å². The predicted octanol–water partition coefficient (Wildman–Crippen LogP) is 4.95. The van der Waals surface area contributed by atoms with Crippen LogP contribution in [0.15, 0.2) is 47.6 Å². The molecule has 1 N–H and O–H groups in total. The van der Waals surface area contributed by atoms with Crippen LogP contribution in [0.25, 0.3) is 0 Å². The van der Waals surface area contributed by atoms with Gasteiger partial charge < -0.3 is 4.74 Å². The third-order valence-corrected chi connectivity index (χ3v) is 3.95. The maximum atomic E-state index is 12.1. The lowest BCUT2D eigenvalue weighted by molar-refractivity contribution is -0.127. The molecule has 2 rings (SSSR count). The van der Waals surface area contributed by atoms with Crippen molar-refractivity contribution in [1.82, 2.24) is 5.43 Å². The summed E-state index contributed by atoms with van der Waals surface area (Å²) in [6.07, 6.45) is -0.773. The van der Waals surface area contributed by atoms with Gasteiger partial charge in [0.1, 0.15) is 5.75 Å². The van der Waals surface area contributed by atoms with Crippen LogP contribution in [-0.2, 0) is 4.79 Å². The first kappa shape index (κ1) is 18.6. The number of carbonyl (C=O) groups excluding carboxylic acids is 1. The van der Waals surface area contributed by atoms with Gasteiger partial charge in [-0.1, -0.05) is 46.9 Å². The molecule has 2 aromatic carbocycles. The summed E-state index contributed by atoms with van der Waals surface area (Å²) in [5, 5.41) is 5.53. The van der Waals surface area contributed by atoms with Crippen LogP contribution < -0.4 is 10.2 Å². The van der Waals surface area contributed by atoms with Crippen molar-refractivity contribution >= 4 is 46.4 Å². The summed E-state index contributed by atoms with van der Waals surface area (Å²) < 4.78 is 5.53. The van der Waals surface area contributed by atoms with Crippen LogP contribution in [0.4, 0.5) is 0 Å². The standard InChI is InChI=1S/C17H15Cl3N2O2/c1-10(12-3-5-13(18)6-4-12)21-22-17(23)11(2)24-16-8-7-14(19)9-15(16)20/h3-9,11H,1-2H3,(H,22,23). The van der Waals surface area contributed by atoms with Gasteiger partial charge in [0, 0.05) is 10.0 Å². The largest absolute Gasteiger partial charge is 0.479 e. The van der Waals surface area contributed by atoms with Gasteiger partial charge in [-0.25, -0.2) is 5.43 Å². The Labute approximate surface area is 155 Å². The molecule has 4 nitrogen and oxygen atoms in total. The number of nitrogens with one attached hydrogen (secondary N) is 1. The lowest BCUT2D eigenvalue weighted by Gasteiger charge is -2.14. The molecule has 0 aliphatic heterocycles. The van der Waals surface area contributed by atoms with Crippen LogP contribution in [0.3, 0.4) is 0 Å².